The number of benzene rings is 1. The van der Waals surface area contributed by atoms with Gasteiger partial charge in [-0.15, -0.1) is 0 Å². The molecule has 1 N–H and O–H groups in total. The van der Waals surface area contributed by atoms with Crippen LogP contribution < -0.4 is 5.32 Å². The lowest BCUT2D eigenvalue weighted by Crippen LogP contribution is -2.43. The van der Waals surface area contributed by atoms with Crippen LogP contribution >= 0.6 is 0 Å². The fourth-order valence-electron chi connectivity index (χ4n) is 2.72. The van der Waals surface area contributed by atoms with E-state index in [2.05, 4.69) is 5.32 Å². The van der Waals surface area contributed by atoms with Gasteiger partial charge in [-0.2, -0.15) is 5.26 Å². The quantitative estimate of drug-likeness (QED) is 0.729. The normalized spacial score (nSPS) is 17.7. The van der Waals surface area contributed by atoms with E-state index in [-0.39, 0.29) is 11.0 Å². The average Bonchev–Trinajstić information content (AvgIpc) is 3.18. The number of rotatable bonds is 6. The molecule has 146 valence electrons. The summed E-state index contributed by atoms with van der Waals surface area (Å²) in [4.78, 5) is 26.0. The lowest BCUT2D eigenvalue weighted by molar-refractivity contribution is -0.144. The Morgan fingerprint density at radius 1 is 1.37 bits per heavy atom. The Morgan fingerprint density at radius 3 is 2.56 bits per heavy atom. The number of anilines is 1. The van der Waals surface area contributed by atoms with E-state index in [0.717, 1.165) is 12.8 Å². The Morgan fingerprint density at radius 2 is 2.04 bits per heavy atom. The van der Waals surface area contributed by atoms with Crippen molar-refractivity contribution in [2.45, 2.75) is 42.9 Å². The van der Waals surface area contributed by atoms with Crippen molar-refractivity contribution in [2.75, 3.05) is 25.0 Å². The number of nitriles is 1. The molecule has 9 heteroatoms. The fourth-order valence-corrected chi connectivity index (χ4v) is 3.78. The lowest BCUT2D eigenvalue weighted by Gasteiger charge is -2.23. The van der Waals surface area contributed by atoms with Gasteiger partial charge in [0, 0.05) is 25.4 Å². The standard InChI is InChI=1S/C18H23N3O5S/c1-3-21(12-15-5-4-10-26-15)18(23)17(22)20-14-6-8-16(9-7-14)27(24,25)13(2)11-19/h6-9,13,15H,3-5,10,12H2,1-2H3,(H,20,22)/t13-,15+/m1/s1. The van der Waals surface area contributed by atoms with Crippen molar-refractivity contribution in [3.8, 4) is 6.07 Å². The summed E-state index contributed by atoms with van der Waals surface area (Å²) < 4.78 is 29.7. The minimum absolute atomic E-state index is 0.0190. The zero-order valence-corrected chi connectivity index (χ0v) is 16.2. The van der Waals surface area contributed by atoms with Crippen molar-refractivity contribution >= 4 is 27.3 Å². The zero-order chi connectivity index (χ0) is 20.0. The van der Waals surface area contributed by atoms with Crippen LogP contribution in [0, 0.1) is 11.3 Å². The third kappa shape index (κ3) is 5.05. The number of nitrogens with zero attached hydrogens (tertiary/aromatic N) is 2. The van der Waals surface area contributed by atoms with Crippen LogP contribution in [-0.2, 0) is 24.2 Å². The molecule has 0 spiro atoms. The number of carbonyl (C=O) groups is 2. The van der Waals surface area contributed by atoms with Gasteiger partial charge in [0.15, 0.2) is 9.84 Å². The van der Waals surface area contributed by atoms with Crippen molar-refractivity contribution < 1.29 is 22.7 Å². The van der Waals surface area contributed by atoms with Crippen LogP contribution in [0.25, 0.3) is 0 Å². The Bertz CT molecular complexity index is 824. The van der Waals surface area contributed by atoms with E-state index < -0.39 is 26.9 Å². The van der Waals surface area contributed by atoms with Gasteiger partial charge in [-0.3, -0.25) is 9.59 Å². The smallest absolute Gasteiger partial charge is 0.313 e. The second kappa shape index (κ2) is 8.97. The second-order valence-corrected chi connectivity index (χ2v) is 8.54. The van der Waals surface area contributed by atoms with Gasteiger partial charge in [-0.1, -0.05) is 0 Å². The molecule has 0 bridgehead atoms. The van der Waals surface area contributed by atoms with Crippen LogP contribution in [0.4, 0.5) is 5.69 Å². The van der Waals surface area contributed by atoms with Crippen molar-refractivity contribution in [3.63, 3.8) is 0 Å². The largest absolute Gasteiger partial charge is 0.376 e. The Hall–Kier alpha value is -2.44. The zero-order valence-electron chi connectivity index (χ0n) is 15.3. The number of hydrogen-bond acceptors (Lipinski definition) is 6. The molecule has 2 atom stereocenters. The first-order valence-corrected chi connectivity index (χ1v) is 10.3. The van der Waals surface area contributed by atoms with Gasteiger partial charge in [0.25, 0.3) is 0 Å². The van der Waals surface area contributed by atoms with Crippen LogP contribution in [0.15, 0.2) is 29.2 Å². The molecule has 0 saturated carbocycles. The van der Waals surface area contributed by atoms with Gasteiger partial charge < -0.3 is 15.0 Å². The minimum Gasteiger partial charge on any atom is -0.376 e. The maximum Gasteiger partial charge on any atom is 0.313 e. The van der Waals surface area contributed by atoms with Gasteiger partial charge >= 0.3 is 11.8 Å². The van der Waals surface area contributed by atoms with Gasteiger partial charge in [-0.05, 0) is 51.0 Å². The van der Waals surface area contributed by atoms with Crippen LogP contribution in [0.1, 0.15) is 26.7 Å². The Kier molecular flexibility index (Phi) is 6.93. The van der Waals surface area contributed by atoms with Crippen LogP contribution in [0.2, 0.25) is 0 Å². The minimum atomic E-state index is -3.74. The van der Waals surface area contributed by atoms with E-state index in [0.29, 0.717) is 25.4 Å². The molecule has 1 aromatic carbocycles. The number of carbonyl (C=O) groups excluding carboxylic acids is 2. The van der Waals surface area contributed by atoms with Crippen LogP contribution in [0.5, 0.6) is 0 Å². The first-order valence-electron chi connectivity index (χ1n) is 8.75. The molecule has 1 heterocycles. The highest BCUT2D eigenvalue weighted by Crippen LogP contribution is 2.19. The van der Waals surface area contributed by atoms with Gasteiger partial charge in [-0.25, -0.2) is 8.42 Å². The molecular formula is C18H23N3O5S. The van der Waals surface area contributed by atoms with E-state index >= 15 is 0 Å². The summed E-state index contributed by atoms with van der Waals surface area (Å²) in [6.45, 7) is 4.51. The summed E-state index contributed by atoms with van der Waals surface area (Å²) in [6, 6.07) is 7.07. The summed E-state index contributed by atoms with van der Waals surface area (Å²) in [7, 11) is -3.74. The molecule has 0 radical (unpaired) electrons. The average molecular weight is 393 g/mol. The monoisotopic (exact) mass is 393 g/mol. The molecule has 8 nitrogen and oxygen atoms in total. The number of hydrogen-bond donors (Lipinski definition) is 1. The van der Waals surface area contributed by atoms with E-state index in [1.807, 2.05) is 0 Å². The van der Waals surface area contributed by atoms with Crippen molar-refractivity contribution in [2.24, 2.45) is 0 Å². The summed E-state index contributed by atoms with van der Waals surface area (Å²) in [5.74, 6) is -1.46. The molecule has 1 aromatic rings. The van der Waals surface area contributed by atoms with E-state index in [1.54, 1.807) is 13.0 Å². The molecular weight excluding hydrogens is 370 g/mol. The number of amides is 2. The molecule has 1 fully saturated rings. The van der Waals surface area contributed by atoms with Crippen molar-refractivity contribution in [3.05, 3.63) is 24.3 Å². The maximum atomic E-state index is 12.3. The van der Waals surface area contributed by atoms with Gasteiger partial charge in [0.05, 0.1) is 17.1 Å². The van der Waals surface area contributed by atoms with Crippen LogP contribution in [-0.4, -0.2) is 56.2 Å². The number of nitrogens with one attached hydrogen (secondary N) is 1. The second-order valence-electron chi connectivity index (χ2n) is 6.27. The highest BCUT2D eigenvalue weighted by atomic mass is 32.2. The Balaban J connectivity index is 2.02. The predicted octanol–water partition coefficient (Wildman–Crippen LogP) is 1.34. The molecule has 1 aliphatic heterocycles. The summed E-state index contributed by atoms with van der Waals surface area (Å²) in [5.41, 5.74) is 0.296. The molecule has 2 amide bonds. The first kappa shape index (κ1) is 20.9. The fraction of sp³-hybridized carbons (Fsp3) is 0.500. The van der Waals surface area contributed by atoms with Crippen LogP contribution in [0.3, 0.4) is 0 Å². The summed E-state index contributed by atoms with van der Waals surface area (Å²) >= 11 is 0. The van der Waals surface area contributed by atoms with E-state index in [4.69, 9.17) is 10.00 Å². The molecule has 2 rings (SSSR count). The van der Waals surface area contributed by atoms with Gasteiger partial charge in [0.2, 0.25) is 0 Å². The Labute approximate surface area is 159 Å². The third-order valence-electron chi connectivity index (χ3n) is 4.40. The number of sulfone groups is 1. The molecule has 0 aliphatic carbocycles. The maximum absolute atomic E-state index is 12.3. The molecule has 0 aromatic heterocycles. The number of ether oxygens (including phenoxy) is 1. The molecule has 1 aliphatic rings. The molecule has 1 saturated heterocycles. The van der Waals surface area contributed by atoms with Crippen molar-refractivity contribution in [1.82, 2.24) is 4.90 Å². The van der Waals surface area contributed by atoms with E-state index in [9.17, 15) is 18.0 Å². The molecule has 27 heavy (non-hydrogen) atoms. The highest BCUT2D eigenvalue weighted by Gasteiger charge is 2.26. The SMILES string of the molecule is CCN(C[C@@H]1CCCO1)C(=O)C(=O)Nc1ccc(S(=O)(=O)[C@H](C)C#N)cc1. The summed E-state index contributed by atoms with van der Waals surface area (Å²) in [6.07, 6.45) is 1.76. The topological polar surface area (TPSA) is 117 Å². The summed E-state index contributed by atoms with van der Waals surface area (Å²) in [5, 5.41) is 10.1. The first-order chi connectivity index (χ1) is 12.8. The third-order valence-corrected chi connectivity index (χ3v) is 6.36. The molecule has 0 unspecified atom stereocenters. The lowest BCUT2D eigenvalue weighted by atomic mass is 10.2. The number of likely N-dealkylation sites (N-methyl/N-ethyl adjacent to an activating group) is 1. The predicted molar refractivity (Wildman–Crippen MR) is 98.6 cm³/mol. The van der Waals surface area contributed by atoms with E-state index in [1.165, 1.54) is 36.1 Å². The van der Waals surface area contributed by atoms with Crippen molar-refractivity contribution in [1.29, 1.82) is 5.26 Å². The highest BCUT2D eigenvalue weighted by molar-refractivity contribution is 7.92. The van der Waals surface area contributed by atoms with Gasteiger partial charge in [0.1, 0.15) is 5.25 Å².